The van der Waals surface area contributed by atoms with E-state index in [1.54, 1.807) is 0 Å². The van der Waals surface area contributed by atoms with Crippen LogP contribution in [0.25, 0.3) is 0 Å². The average Bonchev–Trinajstić information content (AvgIpc) is 2.70. The minimum atomic E-state index is -1.97. The van der Waals surface area contributed by atoms with E-state index in [9.17, 15) is 0 Å². The van der Waals surface area contributed by atoms with Crippen LogP contribution in [0.1, 0.15) is 39.0 Å². The van der Waals surface area contributed by atoms with Crippen molar-refractivity contribution in [2.75, 3.05) is 6.61 Å². The Morgan fingerprint density at radius 2 is 1.03 bits per heavy atom. The van der Waals surface area contributed by atoms with Crippen molar-refractivity contribution in [2.24, 2.45) is 0 Å². The second-order valence-electron chi connectivity index (χ2n) is 8.20. The highest BCUT2D eigenvalue weighted by Gasteiger charge is 2.34. The van der Waals surface area contributed by atoms with E-state index in [2.05, 4.69) is 46.4 Å². The van der Waals surface area contributed by atoms with Gasteiger partial charge in [-0.15, -0.1) is 39.5 Å². The van der Waals surface area contributed by atoms with Crippen molar-refractivity contribution in [3.8, 4) is 0 Å². The first kappa shape index (κ1) is 28.8. The van der Waals surface area contributed by atoms with Crippen LogP contribution in [-0.2, 0) is 8.85 Å². The van der Waals surface area contributed by atoms with Gasteiger partial charge >= 0.3 is 0 Å². The van der Waals surface area contributed by atoms with Gasteiger partial charge < -0.3 is 8.85 Å². The number of rotatable bonds is 22. The molecular formula is C26H46O2Si2. The lowest BCUT2D eigenvalue weighted by Crippen LogP contribution is -2.41. The molecule has 0 N–H and O–H groups in total. The second-order valence-corrected chi connectivity index (χ2v) is 15.9. The minimum Gasteiger partial charge on any atom is -0.416 e. The third kappa shape index (κ3) is 11.3. The Balaban J connectivity index is 5.10. The van der Waals surface area contributed by atoms with Crippen molar-refractivity contribution in [3.05, 3.63) is 75.9 Å². The van der Waals surface area contributed by atoms with Gasteiger partial charge in [-0.1, -0.05) is 56.2 Å². The van der Waals surface area contributed by atoms with Gasteiger partial charge in [-0.2, -0.15) is 0 Å². The van der Waals surface area contributed by atoms with E-state index in [4.69, 9.17) is 8.85 Å². The standard InChI is InChI=1S/C26H46O2Si2/c1-8-15-17-26(28-30(23-12-5,24-13-6)25-14-7)18-16-19-27-29(20-9-2,21-10-3)22-11-4/h9-14,26H,2-8,15-25H2,1H3. The minimum absolute atomic E-state index is 0.273. The summed E-state index contributed by atoms with van der Waals surface area (Å²) in [7, 11) is -3.87. The van der Waals surface area contributed by atoms with Gasteiger partial charge in [0, 0.05) is 12.7 Å². The Morgan fingerprint density at radius 3 is 1.43 bits per heavy atom. The average molecular weight is 447 g/mol. The second kappa shape index (κ2) is 17.5. The van der Waals surface area contributed by atoms with Crippen molar-refractivity contribution >= 4 is 16.6 Å². The van der Waals surface area contributed by atoms with Crippen molar-refractivity contribution in [2.45, 2.75) is 81.4 Å². The van der Waals surface area contributed by atoms with Crippen LogP contribution in [0.2, 0.25) is 36.3 Å². The highest BCUT2D eigenvalue weighted by atomic mass is 28.4. The smallest absolute Gasteiger partial charge is 0.204 e. The van der Waals surface area contributed by atoms with Gasteiger partial charge in [0.1, 0.15) is 0 Å². The predicted octanol–water partition coefficient (Wildman–Crippen LogP) is 8.37. The fraction of sp³-hybridized carbons (Fsp3) is 0.538. The SMILES string of the molecule is C=CC[Si](CC=C)(CC=C)OCCCC(CCCC)O[Si](CC=C)(CC=C)CC=C. The van der Waals surface area contributed by atoms with E-state index in [0.717, 1.165) is 62.1 Å². The molecule has 0 fully saturated rings. The quantitative estimate of drug-likeness (QED) is 0.0944. The molecule has 0 aromatic rings. The van der Waals surface area contributed by atoms with E-state index in [1.165, 1.54) is 12.8 Å². The Kier molecular flexibility index (Phi) is 16.8. The topological polar surface area (TPSA) is 18.5 Å². The van der Waals surface area contributed by atoms with Crippen molar-refractivity contribution in [3.63, 3.8) is 0 Å². The van der Waals surface area contributed by atoms with Crippen LogP contribution >= 0.6 is 0 Å². The van der Waals surface area contributed by atoms with Crippen LogP contribution in [0.5, 0.6) is 0 Å². The van der Waals surface area contributed by atoms with Crippen LogP contribution in [0.4, 0.5) is 0 Å². The van der Waals surface area contributed by atoms with E-state index in [-0.39, 0.29) is 6.10 Å². The normalized spacial score (nSPS) is 12.7. The van der Waals surface area contributed by atoms with E-state index in [1.807, 2.05) is 36.5 Å². The summed E-state index contributed by atoms with van der Waals surface area (Å²) < 4.78 is 13.4. The van der Waals surface area contributed by atoms with Crippen LogP contribution in [-0.4, -0.2) is 29.3 Å². The largest absolute Gasteiger partial charge is 0.416 e. The lowest BCUT2D eigenvalue weighted by molar-refractivity contribution is 0.153. The molecular weight excluding hydrogens is 400 g/mol. The van der Waals surface area contributed by atoms with Gasteiger partial charge in [0.25, 0.3) is 0 Å². The molecule has 0 saturated carbocycles. The zero-order valence-electron chi connectivity index (χ0n) is 19.6. The molecule has 170 valence electrons. The maximum atomic E-state index is 6.87. The lowest BCUT2D eigenvalue weighted by Gasteiger charge is -2.34. The molecule has 0 aliphatic heterocycles. The molecule has 0 rings (SSSR count). The Hall–Kier alpha value is -1.21. The molecule has 4 heteroatoms. The molecule has 0 aliphatic carbocycles. The molecule has 0 radical (unpaired) electrons. The van der Waals surface area contributed by atoms with Gasteiger partial charge in [0.2, 0.25) is 16.6 Å². The molecule has 0 amide bonds. The van der Waals surface area contributed by atoms with Gasteiger partial charge in [0.15, 0.2) is 0 Å². The van der Waals surface area contributed by atoms with E-state index in [0.29, 0.717) is 0 Å². The molecule has 0 bridgehead atoms. The zero-order chi connectivity index (χ0) is 22.7. The molecule has 30 heavy (non-hydrogen) atoms. The number of unbranched alkanes of at least 4 members (excludes halogenated alkanes) is 1. The number of hydrogen-bond donors (Lipinski definition) is 0. The molecule has 0 aromatic heterocycles. The van der Waals surface area contributed by atoms with Gasteiger partial charge in [-0.25, -0.2) is 0 Å². The monoisotopic (exact) mass is 446 g/mol. The molecule has 0 heterocycles. The number of hydrogen-bond acceptors (Lipinski definition) is 2. The maximum Gasteiger partial charge on any atom is 0.204 e. The summed E-state index contributed by atoms with van der Waals surface area (Å²) in [6.07, 6.45) is 17.8. The van der Waals surface area contributed by atoms with Crippen molar-refractivity contribution in [1.29, 1.82) is 0 Å². The van der Waals surface area contributed by atoms with Crippen LogP contribution in [0.15, 0.2) is 75.9 Å². The Bertz CT molecular complexity index is 474. The molecule has 1 atom stereocenters. The molecule has 1 unspecified atom stereocenters. The molecule has 0 saturated heterocycles. The first-order valence-electron chi connectivity index (χ1n) is 11.5. The maximum absolute atomic E-state index is 6.87. The number of allylic oxidation sites excluding steroid dienone is 6. The third-order valence-electron chi connectivity index (χ3n) is 5.47. The van der Waals surface area contributed by atoms with Crippen LogP contribution in [0.3, 0.4) is 0 Å². The molecule has 0 aliphatic rings. The summed E-state index contributed by atoms with van der Waals surface area (Å²) >= 11 is 0. The zero-order valence-corrected chi connectivity index (χ0v) is 21.6. The highest BCUT2D eigenvalue weighted by molar-refractivity contribution is 6.75. The van der Waals surface area contributed by atoms with E-state index >= 15 is 0 Å². The lowest BCUT2D eigenvalue weighted by atomic mass is 10.1. The van der Waals surface area contributed by atoms with Gasteiger partial charge in [-0.3, -0.25) is 0 Å². The summed E-state index contributed by atoms with van der Waals surface area (Å²) in [4.78, 5) is 0. The van der Waals surface area contributed by atoms with Crippen molar-refractivity contribution < 1.29 is 8.85 Å². The molecule has 0 aromatic carbocycles. The first-order valence-corrected chi connectivity index (χ1v) is 16.5. The summed E-state index contributed by atoms with van der Waals surface area (Å²) in [5.41, 5.74) is 0. The Labute approximate surface area is 189 Å². The fourth-order valence-electron chi connectivity index (χ4n) is 4.05. The van der Waals surface area contributed by atoms with Crippen molar-refractivity contribution in [1.82, 2.24) is 0 Å². The van der Waals surface area contributed by atoms with Crippen LogP contribution in [0, 0.1) is 0 Å². The molecule has 0 spiro atoms. The van der Waals surface area contributed by atoms with Crippen LogP contribution < -0.4 is 0 Å². The predicted molar refractivity (Wildman–Crippen MR) is 141 cm³/mol. The molecule has 2 nitrogen and oxygen atoms in total. The summed E-state index contributed by atoms with van der Waals surface area (Å²) in [6.45, 7) is 26.8. The summed E-state index contributed by atoms with van der Waals surface area (Å²) in [6, 6.07) is 5.65. The fourth-order valence-corrected chi connectivity index (χ4v) is 10.4. The first-order chi connectivity index (χ1) is 14.5. The third-order valence-corrected chi connectivity index (χ3v) is 13.3. The van der Waals surface area contributed by atoms with E-state index < -0.39 is 16.6 Å². The van der Waals surface area contributed by atoms with Gasteiger partial charge in [0.05, 0.1) is 0 Å². The van der Waals surface area contributed by atoms with Gasteiger partial charge in [-0.05, 0) is 55.5 Å². The highest BCUT2D eigenvalue weighted by Crippen LogP contribution is 2.29. The Morgan fingerprint density at radius 1 is 0.633 bits per heavy atom. The summed E-state index contributed by atoms with van der Waals surface area (Å²) in [5.74, 6) is 0. The summed E-state index contributed by atoms with van der Waals surface area (Å²) in [5, 5.41) is 0.